The van der Waals surface area contributed by atoms with E-state index < -0.39 is 24.6 Å². The molecule has 8 nitrogen and oxygen atoms in total. The lowest BCUT2D eigenvalue weighted by Crippen LogP contribution is -2.34. The van der Waals surface area contributed by atoms with Crippen LogP contribution in [0.2, 0.25) is 0 Å². The van der Waals surface area contributed by atoms with Crippen molar-refractivity contribution in [2.24, 2.45) is 0 Å². The van der Waals surface area contributed by atoms with Gasteiger partial charge in [-0.25, -0.2) is 9.59 Å². The van der Waals surface area contributed by atoms with Crippen molar-refractivity contribution in [1.82, 2.24) is 5.32 Å². The molecule has 1 atom stereocenters. The molecule has 1 fully saturated rings. The largest absolute Gasteiger partial charge is 0.491 e. The number of alkyl carbamates (subject to hydrolysis) is 1. The van der Waals surface area contributed by atoms with Crippen LogP contribution in [0.5, 0.6) is 5.75 Å². The van der Waals surface area contributed by atoms with E-state index in [-0.39, 0.29) is 18.3 Å². The van der Waals surface area contributed by atoms with E-state index in [2.05, 4.69) is 4.74 Å². The van der Waals surface area contributed by atoms with E-state index in [0.717, 1.165) is 19.4 Å². The van der Waals surface area contributed by atoms with Crippen LogP contribution in [-0.4, -0.2) is 50.5 Å². The fraction of sp³-hybridized carbons (Fsp3) is 0.471. The molecule has 1 aliphatic rings. The van der Waals surface area contributed by atoms with Crippen molar-refractivity contribution in [3.05, 3.63) is 29.8 Å². The summed E-state index contributed by atoms with van der Waals surface area (Å²) in [5, 5.41) is 1.93. The predicted molar refractivity (Wildman–Crippen MR) is 86.4 cm³/mol. The summed E-state index contributed by atoms with van der Waals surface area (Å²) < 4.78 is 20.4. The van der Waals surface area contributed by atoms with Crippen LogP contribution in [0.1, 0.15) is 30.1 Å². The number of amides is 2. The highest BCUT2D eigenvalue weighted by molar-refractivity contribution is 5.95. The zero-order valence-corrected chi connectivity index (χ0v) is 14.0. The number of hydrogen-bond donors (Lipinski definition) is 1. The first-order chi connectivity index (χ1) is 12.1. The first-order valence-corrected chi connectivity index (χ1v) is 8.06. The Bertz CT molecular complexity index is 594. The second-order valence-corrected chi connectivity index (χ2v) is 5.32. The van der Waals surface area contributed by atoms with Crippen LogP contribution < -0.4 is 10.1 Å². The zero-order chi connectivity index (χ0) is 18.1. The molecule has 0 bridgehead atoms. The Hall–Kier alpha value is -2.61. The third kappa shape index (κ3) is 6.42. The minimum Gasteiger partial charge on any atom is -0.491 e. The number of imide groups is 1. The van der Waals surface area contributed by atoms with Gasteiger partial charge in [-0.15, -0.1) is 0 Å². The monoisotopic (exact) mass is 351 g/mol. The normalized spacial score (nSPS) is 16.1. The lowest BCUT2D eigenvalue weighted by atomic mass is 10.2. The van der Waals surface area contributed by atoms with Gasteiger partial charge < -0.3 is 18.9 Å². The second kappa shape index (κ2) is 9.63. The van der Waals surface area contributed by atoms with Crippen molar-refractivity contribution >= 4 is 18.0 Å². The summed E-state index contributed by atoms with van der Waals surface area (Å²) >= 11 is 0. The van der Waals surface area contributed by atoms with Gasteiger partial charge in [0.25, 0.3) is 5.91 Å². The third-order valence-corrected chi connectivity index (χ3v) is 3.40. The van der Waals surface area contributed by atoms with E-state index in [0.29, 0.717) is 12.4 Å². The maximum absolute atomic E-state index is 11.9. The number of hydrogen-bond acceptors (Lipinski definition) is 7. The van der Waals surface area contributed by atoms with Crippen LogP contribution in [0.25, 0.3) is 0 Å². The summed E-state index contributed by atoms with van der Waals surface area (Å²) in [4.78, 5) is 34.3. The molecule has 0 radical (unpaired) electrons. The maximum atomic E-state index is 11.9. The van der Waals surface area contributed by atoms with Crippen molar-refractivity contribution < 1.29 is 33.3 Å². The van der Waals surface area contributed by atoms with E-state index >= 15 is 0 Å². The first-order valence-electron chi connectivity index (χ1n) is 8.06. The van der Waals surface area contributed by atoms with E-state index in [1.54, 1.807) is 19.1 Å². The molecule has 25 heavy (non-hydrogen) atoms. The predicted octanol–water partition coefficient (Wildman–Crippen LogP) is 1.67. The highest BCUT2D eigenvalue weighted by atomic mass is 16.6. The first kappa shape index (κ1) is 18.7. The SMILES string of the molecule is CCOC(=O)NC(=O)COC(=O)c1ccc(OC[C@H]2CCCO2)cc1. The number of rotatable bonds is 7. The molecule has 0 unspecified atom stereocenters. The number of carbonyl (C=O) groups is 3. The van der Waals surface area contributed by atoms with Gasteiger partial charge in [-0.3, -0.25) is 10.1 Å². The van der Waals surface area contributed by atoms with Crippen LogP contribution in [0.4, 0.5) is 4.79 Å². The number of nitrogens with one attached hydrogen (secondary N) is 1. The molecule has 0 saturated carbocycles. The average Bonchev–Trinajstić information content (AvgIpc) is 3.12. The van der Waals surface area contributed by atoms with Gasteiger partial charge in [0, 0.05) is 6.61 Å². The fourth-order valence-corrected chi connectivity index (χ4v) is 2.18. The Balaban J connectivity index is 1.73. The summed E-state index contributed by atoms with van der Waals surface area (Å²) in [5.41, 5.74) is 0.272. The van der Waals surface area contributed by atoms with Crippen LogP contribution in [0.3, 0.4) is 0 Å². The van der Waals surface area contributed by atoms with Crippen LogP contribution >= 0.6 is 0 Å². The number of ether oxygens (including phenoxy) is 4. The third-order valence-electron chi connectivity index (χ3n) is 3.40. The smallest absolute Gasteiger partial charge is 0.413 e. The summed E-state index contributed by atoms with van der Waals surface area (Å²) in [6.45, 7) is 2.41. The van der Waals surface area contributed by atoms with Crippen molar-refractivity contribution in [2.45, 2.75) is 25.9 Å². The number of esters is 1. The number of benzene rings is 1. The highest BCUT2D eigenvalue weighted by Gasteiger charge is 2.16. The molecule has 1 heterocycles. The summed E-state index contributed by atoms with van der Waals surface area (Å²) in [5.74, 6) is -0.819. The Morgan fingerprint density at radius 1 is 1.20 bits per heavy atom. The molecular weight excluding hydrogens is 330 g/mol. The molecule has 1 aromatic carbocycles. The molecular formula is C17H21NO7. The molecule has 2 amide bonds. The van der Waals surface area contributed by atoms with Crippen LogP contribution in [0.15, 0.2) is 24.3 Å². The van der Waals surface area contributed by atoms with E-state index in [1.807, 2.05) is 5.32 Å². The molecule has 136 valence electrons. The second-order valence-electron chi connectivity index (χ2n) is 5.32. The minimum absolute atomic E-state index is 0.113. The average molecular weight is 351 g/mol. The highest BCUT2D eigenvalue weighted by Crippen LogP contribution is 2.17. The van der Waals surface area contributed by atoms with Gasteiger partial charge in [0.2, 0.25) is 0 Å². The Kier molecular flexibility index (Phi) is 7.21. The van der Waals surface area contributed by atoms with Gasteiger partial charge >= 0.3 is 12.1 Å². The topological polar surface area (TPSA) is 100 Å². The molecule has 8 heteroatoms. The summed E-state index contributed by atoms with van der Waals surface area (Å²) in [6, 6.07) is 6.36. The lowest BCUT2D eigenvalue weighted by Gasteiger charge is -2.11. The van der Waals surface area contributed by atoms with Crippen LogP contribution in [-0.2, 0) is 19.0 Å². The van der Waals surface area contributed by atoms with Gasteiger partial charge in [-0.05, 0) is 44.0 Å². The Labute approximate surface area is 145 Å². The van der Waals surface area contributed by atoms with Crippen molar-refractivity contribution in [1.29, 1.82) is 0 Å². The zero-order valence-electron chi connectivity index (χ0n) is 14.0. The maximum Gasteiger partial charge on any atom is 0.413 e. The van der Waals surface area contributed by atoms with E-state index in [1.165, 1.54) is 12.1 Å². The van der Waals surface area contributed by atoms with Crippen molar-refractivity contribution in [2.75, 3.05) is 26.4 Å². The molecule has 0 aliphatic carbocycles. The van der Waals surface area contributed by atoms with E-state index in [9.17, 15) is 14.4 Å². The minimum atomic E-state index is -0.878. The van der Waals surface area contributed by atoms with Crippen molar-refractivity contribution in [3.8, 4) is 5.75 Å². The molecule has 0 spiro atoms. The summed E-state index contributed by atoms with van der Waals surface area (Å²) in [6.07, 6.45) is 1.26. The molecule has 1 N–H and O–H groups in total. The van der Waals surface area contributed by atoms with Gasteiger partial charge in [0.15, 0.2) is 6.61 Å². The van der Waals surface area contributed by atoms with E-state index in [4.69, 9.17) is 14.2 Å². The van der Waals surface area contributed by atoms with Gasteiger partial charge in [-0.1, -0.05) is 0 Å². The Morgan fingerprint density at radius 2 is 1.96 bits per heavy atom. The quantitative estimate of drug-likeness (QED) is 0.746. The molecule has 1 aliphatic heterocycles. The molecule has 2 rings (SSSR count). The molecule has 0 aromatic heterocycles. The van der Waals surface area contributed by atoms with Crippen LogP contribution in [0, 0.1) is 0 Å². The van der Waals surface area contributed by atoms with Gasteiger partial charge in [0.1, 0.15) is 12.4 Å². The Morgan fingerprint density at radius 3 is 2.60 bits per heavy atom. The van der Waals surface area contributed by atoms with Crippen molar-refractivity contribution in [3.63, 3.8) is 0 Å². The fourth-order valence-electron chi connectivity index (χ4n) is 2.18. The molecule has 1 saturated heterocycles. The van der Waals surface area contributed by atoms with Gasteiger partial charge in [-0.2, -0.15) is 0 Å². The standard InChI is InChI=1S/C17H21NO7/c1-2-22-17(21)18-15(19)11-25-16(20)12-5-7-13(8-6-12)24-10-14-4-3-9-23-14/h5-8,14H,2-4,9-11H2,1H3,(H,18,19,21)/t14-/m1/s1. The van der Waals surface area contributed by atoms with Gasteiger partial charge in [0.05, 0.1) is 18.3 Å². The summed E-state index contributed by atoms with van der Waals surface area (Å²) in [7, 11) is 0. The number of carbonyl (C=O) groups excluding carboxylic acids is 3. The lowest BCUT2D eigenvalue weighted by molar-refractivity contribution is -0.123. The molecule has 1 aromatic rings.